The maximum absolute atomic E-state index is 12.7. The number of aromatic amines is 1. The summed E-state index contributed by atoms with van der Waals surface area (Å²) in [7, 11) is -3.75. The van der Waals surface area contributed by atoms with Crippen molar-refractivity contribution < 1.29 is 12.8 Å². The zero-order chi connectivity index (χ0) is 18.6. The number of rotatable bonds is 7. The van der Waals surface area contributed by atoms with Gasteiger partial charge in [0, 0.05) is 23.0 Å². The average Bonchev–Trinajstić information content (AvgIpc) is 3.04. The second-order valence-electron chi connectivity index (χ2n) is 5.52. The number of nitrogens with one attached hydrogen (secondary N) is 2. The van der Waals surface area contributed by atoms with Crippen LogP contribution in [0.3, 0.4) is 0 Å². The Labute approximate surface area is 159 Å². The highest BCUT2D eigenvalue weighted by Crippen LogP contribution is 2.33. The van der Waals surface area contributed by atoms with Gasteiger partial charge in [0.1, 0.15) is 0 Å². The normalized spacial score (nSPS) is 11.6. The summed E-state index contributed by atoms with van der Waals surface area (Å²) >= 11 is 3.27. The molecule has 3 aromatic rings. The zero-order valence-corrected chi connectivity index (χ0v) is 16.1. The number of halogens is 1. The Balaban J connectivity index is 2.12. The highest BCUT2D eigenvalue weighted by molar-refractivity contribution is 9.09. The largest absolute Gasteiger partial charge is 0.417 e. The van der Waals surface area contributed by atoms with E-state index in [0.29, 0.717) is 29.6 Å². The van der Waals surface area contributed by atoms with Gasteiger partial charge in [-0.2, -0.15) is 0 Å². The summed E-state index contributed by atoms with van der Waals surface area (Å²) in [5.41, 5.74) is 1.50. The molecule has 0 bridgehead atoms. The smallest absolute Gasteiger partial charge is 0.407 e. The molecular weight excluding hydrogens is 420 g/mol. The predicted octanol–water partition coefficient (Wildman–Crippen LogP) is 3.37. The van der Waals surface area contributed by atoms with Gasteiger partial charge in [0.15, 0.2) is 5.76 Å². The van der Waals surface area contributed by atoms with Crippen LogP contribution in [0.1, 0.15) is 6.42 Å². The van der Waals surface area contributed by atoms with Crippen LogP contribution in [0.2, 0.25) is 0 Å². The molecule has 0 saturated carbocycles. The van der Waals surface area contributed by atoms with Crippen LogP contribution in [0, 0.1) is 0 Å². The first-order chi connectivity index (χ1) is 12.5. The van der Waals surface area contributed by atoms with E-state index in [1.54, 1.807) is 18.2 Å². The highest BCUT2D eigenvalue weighted by atomic mass is 79.9. The van der Waals surface area contributed by atoms with E-state index in [0.717, 1.165) is 5.56 Å². The summed E-state index contributed by atoms with van der Waals surface area (Å²) < 4.78 is 33.3. The van der Waals surface area contributed by atoms with Crippen molar-refractivity contribution in [3.8, 4) is 22.6 Å². The van der Waals surface area contributed by atoms with Crippen LogP contribution in [0.15, 0.2) is 68.7 Å². The number of sulfonamides is 1. The molecule has 0 atom stereocenters. The molecule has 0 unspecified atom stereocenters. The Hall–Kier alpha value is -2.16. The van der Waals surface area contributed by atoms with Crippen molar-refractivity contribution in [3.63, 3.8) is 0 Å². The topological polar surface area (TPSA) is 92.2 Å². The first kappa shape index (κ1) is 18.6. The van der Waals surface area contributed by atoms with Gasteiger partial charge in [0.25, 0.3) is 0 Å². The Morgan fingerprint density at radius 1 is 1.04 bits per heavy atom. The van der Waals surface area contributed by atoms with Crippen LogP contribution < -0.4 is 10.5 Å². The van der Waals surface area contributed by atoms with Gasteiger partial charge in [0.2, 0.25) is 10.0 Å². The lowest BCUT2D eigenvalue weighted by Gasteiger charge is -2.10. The number of oxazole rings is 1. The van der Waals surface area contributed by atoms with Crippen molar-refractivity contribution in [1.82, 2.24) is 9.71 Å². The van der Waals surface area contributed by atoms with Gasteiger partial charge < -0.3 is 4.42 Å². The third kappa shape index (κ3) is 3.98. The number of alkyl halides is 1. The predicted molar refractivity (Wildman–Crippen MR) is 104 cm³/mol. The third-order valence-corrected chi connectivity index (χ3v) is 5.81. The third-order valence-electron chi connectivity index (χ3n) is 3.74. The molecule has 2 N–H and O–H groups in total. The van der Waals surface area contributed by atoms with Gasteiger partial charge in [-0.15, -0.1) is 0 Å². The van der Waals surface area contributed by atoms with Crippen LogP contribution in [0.4, 0.5) is 0 Å². The van der Waals surface area contributed by atoms with Gasteiger partial charge in [0.05, 0.1) is 10.6 Å². The second-order valence-corrected chi connectivity index (χ2v) is 8.05. The fourth-order valence-electron chi connectivity index (χ4n) is 2.57. The molecule has 6 nitrogen and oxygen atoms in total. The minimum atomic E-state index is -3.75. The summed E-state index contributed by atoms with van der Waals surface area (Å²) in [5.74, 6) is -0.444. The molecule has 136 valence electrons. The van der Waals surface area contributed by atoms with E-state index in [4.69, 9.17) is 4.42 Å². The Kier molecular flexibility index (Phi) is 5.75. The van der Waals surface area contributed by atoms with Crippen molar-refractivity contribution in [3.05, 3.63) is 65.1 Å². The number of hydrogen-bond acceptors (Lipinski definition) is 4. The van der Waals surface area contributed by atoms with E-state index in [1.807, 2.05) is 30.3 Å². The highest BCUT2D eigenvalue weighted by Gasteiger charge is 2.23. The van der Waals surface area contributed by atoms with E-state index in [2.05, 4.69) is 25.6 Å². The summed E-state index contributed by atoms with van der Waals surface area (Å²) in [5, 5.41) is 0.696. The molecule has 0 saturated heterocycles. The van der Waals surface area contributed by atoms with E-state index in [1.165, 1.54) is 6.07 Å². The lowest BCUT2D eigenvalue weighted by molar-refractivity contribution is 0.526. The molecule has 3 rings (SSSR count). The summed E-state index contributed by atoms with van der Waals surface area (Å²) in [4.78, 5) is 14.5. The lowest BCUT2D eigenvalue weighted by Crippen LogP contribution is -2.25. The van der Waals surface area contributed by atoms with Gasteiger partial charge in [-0.3, -0.25) is 4.98 Å². The Bertz CT molecular complexity index is 1040. The van der Waals surface area contributed by atoms with Gasteiger partial charge in [-0.25, -0.2) is 17.9 Å². The van der Waals surface area contributed by atoms with Crippen molar-refractivity contribution in [2.24, 2.45) is 0 Å². The second kappa shape index (κ2) is 8.03. The van der Waals surface area contributed by atoms with E-state index in [-0.39, 0.29) is 10.7 Å². The SMILES string of the molecule is O=c1[nH]c(-c2ccccc2)c(-c2ccccc2S(=O)(=O)NCCCBr)o1. The number of benzene rings is 2. The molecule has 0 aliphatic rings. The van der Waals surface area contributed by atoms with Crippen molar-refractivity contribution in [2.75, 3.05) is 11.9 Å². The van der Waals surface area contributed by atoms with Gasteiger partial charge >= 0.3 is 5.76 Å². The van der Waals surface area contributed by atoms with Crippen LogP contribution in [-0.2, 0) is 10.0 Å². The number of H-pyrrole nitrogens is 1. The summed E-state index contributed by atoms with van der Waals surface area (Å²) in [6, 6.07) is 15.6. The molecule has 0 spiro atoms. The standard InChI is InChI=1S/C18H17BrN2O4S/c19-11-6-12-20-26(23,24)15-10-5-4-9-14(15)17-16(21-18(22)25-17)13-7-2-1-3-8-13/h1-5,7-10,20H,6,11-12H2,(H,21,22). The molecule has 0 amide bonds. The maximum atomic E-state index is 12.7. The summed E-state index contributed by atoms with van der Waals surface area (Å²) in [6.45, 7) is 0.310. The fraction of sp³-hybridized carbons (Fsp3) is 0.167. The summed E-state index contributed by atoms with van der Waals surface area (Å²) in [6.07, 6.45) is 0.663. The minimum Gasteiger partial charge on any atom is -0.407 e. The van der Waals surface area contributed by atoms with Crippen molar-refractivity contribution in [1.29, 1.82) is 0 Å². The lowest BCUT2D eigenvalue weighted by atomic mass is 10.1. The van der Waals surface area contributed by atoms with Crippen molar-refractivity contribution >= 4 is 26.0 Å². The molecule has 0 aliphatic carbocycles. The van der Waals surface area contributed by atoms with Crippen LogP contribution in [-0.4, -0.2) is 25.3 Å². The average molecular weight is 437 g/mol. The zero-order valence-electron chi connectivity index (χ0n) is 13.7. The molecule has 1 aromatic heterocycles. The molecule has 0 fully saturated rings. The van der Waals surface area contributed by atoms with Crippen LogP contribution in [0.25, 0.3) is 22.6 Å². The van der Waals surface area contributed by atoms with Gasteiger partial charge in [-0.05, 0) is 18.6 Å². The van der Waals surface area contributed by atoms with Crippen molar-refractivity contribution in [2.45, 2.75) is 11.3 Å². The molecular formula is C18H17BrN2O4S. The number of hydrogen-bond donors (Lipinski definition) is 2. The molecule has 8 heteroatoms. The molecule has 0 radical (unpaired) electrons. The quantitative estimate of drug-likeness (QED) is 0.438. The van der Waals surface area contributed by atoms with E-state index >= 15 is 0 Å². The van der Waals surface area contributed by atoms with E-state index < -0.39 is 15.8 Å². The number of aromatic nitrogens is 1. The maximum Gasteiger partial charge on any atom is 0.417 e. The first-order valence-corrected chi connectivity index (χ1v) is 10.6. The van der Waals surface area contributed by atoms with Crippen LogP contribution in [0.5, 0.6) is 0 Å². The molecule has 2 aromatic carbocycles. The molecule has 26 heavy (non-hydrogen) atoms. The Morgan fingerprint density at radius 2 is 1.73 bits per heavy atom. The van der Waals surface area contributed by atoms with Crippen LogP contribution >= 0.6 is 15.9 Å². The first-order valence-electron chi connectivity index (χ1n) is 7.96. The van der Waals surface area contributed by atoms with Gasteiger partial charge in [-0.1, -0.05) is 58.4 Å². The minimum absolute atomic E-state index is 0.0644. The fourth-order valence-corrected chi connectivity index (χ4v) is 4.12. The molecule has 0 aliphatic heterocycles. The van der Waals surface area contributed by atoms with E-state index in [9.17, 15) is 13.2 Å². The molecule has 1 heterocycles. The monoisotopic (exact) mass is 436 g/mol. The Morgan fingerprint density at radius 3 is 2.46 bits per heavy atom.